The van der Waals surface area contributed by atoms with Gasteiger partial charge in [-0.25, -0.2) is 0 Å². The van der Waals surface area contributed by atoms with Gasteiger partial charge in [-0.3, -0.25) is 4.55 Å². The van der Waals surface area contributed by atoms with Crippen molar-refractivity contribution in [3.05, 3.63) is 59.7 Å². The van der Waals surface area contributed by atoms with E-state index < -0.39 is 10.1 Å². The van der Waals surface area contributed by atoms with E-state index in [2.05, 4.69) is 17.1 Å². The third-order valence-electron chi connectivity index (χ3n) is 3.68. The summed E-state index contributed by atoms with van der Waals surface area (Å²) >= 11 is 0. The third-order valence-corrected chi connectivity index (χ3v) is 4.49. The molecule has 0 aliphatic carbocycles. The van der Waals surface area contributed by atoms with Crippen LogP contribution in [0, 0.1) is 0 Å². The van der Waals surface area contributed by atoms with Crippen LogP contribution >= 0.6 is 0 Å². The fourth-order valence-corrected chi connectivity index (χ4v) is 3.20. The standard InChI is InChI=1S/C17H17NO3S/c19-22(20,21)13-5-12-18-16-8-3-1-6-14(16)10-11-15-7-2-4-9-17(15)18/h1-4,6-11H,5,12-13H2,(H,19,20,21). The van der Waals surface area contributed by atoms with Crippen LogP contribution in [0.3, 0.4) is 0 Å². The lowest BCUT2D eigenvalue weighted by atomic mass is 10.1. The Morgan fingerprint density at radius 3 is 1.86 bits per heavy atom. The van der Waals surface area contributed by atoms with E-state index >= 15 is 0 Å². The third kappa shape index (κ3) is 3.21. The van der Waals surface area contributed by atoms with Crippen LogP contribution < -0.4 is 4.90 Å². The van der Waals surface area contributed by atoms with Crippen molar-refractivity contribution in [1.82, 2.24) is 0 Å². The summed E-state index contributed by atoms with van der Waals surface area (Å²) in [6.07, 6.45) is 4.50. The van der Waals surface area contributed by atoms with Gasteiger partial charge in [0.25, 0.3) is 10.1 Å². The highest BCUT2D eigenvalue weighted by molar-refractivity contribution is 7.85. The van der Waals surface area contributed by atoms with Crippen LogP contribution in [0.4, 0.5) is 11.4 Å². The second kappa shape index (κ2) is 5.94. The first-order valence-electron chi connectivity index (χ1n) is 7.13. The van der Waals surface area contributed by atoms with Crippen molar-refractivity contribution in [3.63, 3.8) is 0 Å². The normalized spacial score (nSPS) is 13.4. The molecule has 0 atom stereocenters. The maximum Gasteiger partial charge on any atom is 0.264 e. The number of fused-ring (bicyclic) bond motifs is 2. The van der Waals surface area contributed by atoms with Crippen molar-refractivity contribution < 1.29 is 13.0 Å². The average Bonchev–Trinajstić information content (AvgIpc) is 2.64. The molecule has 0 spiro atoms. The molecule has 3 rings (SSSR count). The molecule has 1 aliphatic heterocycles. The number of rotatable bonds is 4. The second-order valence-electron chi connectivity index (χ2n) is 5.24. The molecule has 0 unspecified atom stereocenters. The molecule has 0 saturated carbocycles. The summed E-state index contributed by atoms with van der Waals surface area (Å²) in [5.74, 6) is -0.235. The molecule has 0 bridgehead atoms. The van der Waals surface area contributed by atoms with Gasteiger partial charge in [0.1, 0.15) is 0 Å². The minimum absolute atomic E-state index is 0.235. The van der Waals surface area contributed by atoms with Gasteiger partial charge in [0, 0.05) is 17.9 Å². The average molecular weight is 315 g/mol. The summed E-state index contributed by atoms with van der Waals surface area (Å²) < 4.78 is 30.8. The van der Waals surface area contributed by atoms with Crippen molar-refractivity contribution in [2.24, 2.45) is 0 Å². The van der Waals surface area contributed by atoms with Gasteiger partial charge in [-0.1, -0.05) is 48.6 Å². The minimum Gasteiger partial charge on any atom is -0.340 e. The summed E-state index contributed by atoms with van der Waals surface area (Å²) in [6, 6.07) is 16.0. The predicted octanol–water partition coefficient (Wildman–Crippen LogP) is 3.59. The molecular formula is C17H17NO3S. The lowest BCUT2D eigenvalue weighted by Crippen LogP contribution is -2.22. The van der Waals surface area contributed by atoms with Crippen LogP contribution in [0.1, 0.15) is 17.5 Å². The first-order chi connectivity index (χ1) is 10.5. The van der Waals surface area contributed by atoms with Gasteiger partial charge in [0.15, 0.2) is 0 Å². The maximum atomic E-state index is 11.0. The van der Waals surface area contributed by atoms with Gasteiger partial charge in [0.05, 0.1) is 5.75 Å². The highest BCUT2D eigenvalue weighted by atomic mass is 32.2. The van der Waals surface area contributed by atoms with Gasteiger partial charge in [0.2, 0.25) is 0 Å². The van der Waals surface area contributed by atoms with Crippen molar-refractivity contribution in [3.8, 4) is 0 Å². The number of anilines is 2. The fourth-order valence-electron chi connectivity index (χ4n) is 2.70. The van der Waals surface area contributed by atoms with E-state index in [1.807, 2.05) is 48.5 Å². The summed E-state index contributed by atoms with van der Waals surface area (Å²) in [5.41, 5.74) is 4.26. The first kappa shape index (κ1) is 14.8. The van der Waals surface area contributed by atoms with Crippen molar-refractivity contribution in [2.45, 2.75) is 6.42 Å². The largest absolute Gasteiger partial charge is 0.340 e. The summed E-state index contributed by atoms with van der Waals surface area (Å²) in [4.78, 5) is 2.11. The number of para-hydroxylation sites is 2. The number of benzene rings is 2. The van der Waals surface area contributed by atoms with E-state index in [-0.39, 0.29) is 5.75 Å². The van der Waals surface area contributed by atoms with Crippen molar-refractivity contribution >= 4 is 33.6 Å². The molecule has 1 heterocycles. The SMILES string of the molecule is O=S(=O)(O)CCCN1c2ccccc2C=Cc2ccccc21. The molecule has 5 heteroatoms. The Kier molecular flexibility index (Phi) is 4.00. The highest BCUT2D eigenvalue weighted by Gasteiger charge is 2.17. The lowest BCUT2D eigenvalue weighted by molar-refractivity contribution is 0.481. The maximum absolute atomic E-state index is 11.0. The van der Waals surface area contributed by atoms with Gasteiger partial charge in [-0.2, -0.15) is 8.42 Å². The Morgan fingerprint density at radius 2 is 1.36 bits per heavy atom. The second-order valence-corrected chi connectivity index (χ2v) is 6.81. The monoisotopic (exact) mass is 315 g/mol. The Labute approximate surface area is 130 Å². The first-order valence-corrected chi connectivity index (χ1v) is 8.74. The molecule has 4 nitrogen and oxygen atoms in total. The smallest absolute Gasteiger partial charge is 0.264 e. The zero-order chi connectivity index (χ0) is 15.6. The zero-order valence-corrected chi connectivity index (χ0v) is 12.8. The fraction of sp³-hybridized carbons (Fsp3) is 0.176. The van der Waals surface area contributed by atoms with Gasteiger partial charge >= 0.3 is 0 Å². The van der Waals surface area contributed by atoms with Crippen LogP contribution in [-0.2, 0) is 10.1 Å². The van der Waals surface area contributed by atoms with Gasteiger partial charge in [-0.15, -0.1) is 0 Å². The predicted molar refractivity (Wildman–Crippen MR) is 89.9 cm³/mol. The Hall–Kier alpha value is -2.11. The topological polar surface area (TPSA) is 57.6 Å². The van der Waals surface area contributed by atoms with Crippen molar-refractivity contribution in [1.29, 1.82) is 0 Å². The molecule has 0 fully saturated rings. The van der Waals surface area contributed by atoms with Crippen LogP contribution in [0.25, 0.3) is 12.2 Å². The number of nitrogens with zero attached hydrogens (tertiary/aromatic N) is 1. The molecule has 1 aliphatic rings. The quantitative estimate of drug-likeness (QED) is 0.876. The van der Waals surface area contributed by atoms with E-state index in [1.165, 1.54) is 0 Å². The van der Waals surface area contributed by atoms with Gasteiger partial charge in [-0.05, 0) is 29.7 Å². The molecule has 114 valence electrons. The van der Waals surface area contributed by atoms with Crippen LogP contribution in [0.2, 0.25) is 0 Å². The molecule has 1 N–H and O–H groups in total. The van der Waals surface area contributed by atoms with Crippen LogP contribution in [-0.4, -0.2) is 25.3 Å². The van der Waals surface area contributed by atoms with Crippen LogP contribution in [0.15, 0.2) is 48.5 Å². The van der Waals surface area contributed by atoms with E-state index in [1.54, 1.807) is 0 Å². The highest BCUT2D eigenvalue weighted by Crippen LogP contribution is 2.36. The summed E-state index contributed by atoms with van der Waals surface area (Å²) in [5, 5.41) is 0. The van der Waals surface area contributed by atoms with Gasteiger partial charge < -0.3 is 4.90 Å². The van der Waals surface area contributed by atoms with E-state index in [0.717, 1.165) is 22.5 Å². The molecule has 22 heavy (non-hydrogen) atoms. The summed E-state index contributed by atoms with van der Waals surface area (Å²) in [6.45, 7) is 0.523. The molecule has 0 amide bonds. The summed E-state index contributed by atoms with van der Waals surface area (Å²) in [7, 11) is -3.93. The Balaban J connectivity index is 1.98. The molecule has 2 aromatic rings. The number of hydrogen-bond donors (Lipinski definition) is 1. The van der Waals surface area contributed by atoms with E-state index in [4.69, 9.17) is 4.55 Å². The van der Waals surface area contributed by atoms with Crippen LogP contribution in [0.5, 0.6) is 0 Å². The Bertz CT molecular complexity index is 763. The molecular weight excluding hydrogens is 298 g/mol. The molecule has 0 aromatic heterocycles. The lowest BCUT2D eigenvalue weighted by Gasteiger charge is -2.26. The minimum atomic E-state index is -3.93. The Morgan fingerprint density at radius 1 is 0.864 bits per heavy atom. The number of hydrogen-bond acceptors (Lipinski definition) is 3. The van der Waals surface area contributed by atoms with E-state index in [9.17, 15) is 8.42 Å². The van der Waals surface area contributed by atoms with Crippen molar-refractivity contribution in [2.75, 3.05) is 17.2 Å². The zero-order valence-electron chi connectivity index (χ0n) is 12.0. The molecule has 0 saturated heterocycles. The van der Waals surface area contributed by atoms with E-state index in [0.29, 0.717) is 13.0 Å². The molecule has 2 aromatic carbocycles. The molecule has 0 radical (unpaired) electrons.